The first-order chi connectivity index (χ1) is 9.13. The second-order valence-corrected chi connectivity index (χ2v) is 6.38. The Hall–Kier alpha value is -1.09. The Kier molecular flexibility index (Phi) is 3.48. The van der Waals surface area contributed by atoms with Gasteiger partial charge in [0.05, 0.1) is 0 Å². The van der Waals surface area contributed by atoms with Crippen LogP contribution in [-0.2, 0) is 0 Å². The number of nitrogens with zero attached hydrogens (tertiary/aromatic N) is 2. The van der Waals surface area contributed by atoms with E-state index in [4.69, 9.17) is 11.6 Å². The minimum atomic E-state index is 0.0482. The van der Waals surface area contributed by atoms with Gasteiger partial charge in [-0.3, -0.25) is 4.79 Å². The molecule has 0 aliphatic heterocycles. The molecule has 102 valence electrons. The van der Waals surface area contributed by atoms with Crippen molar-refractivity contribution in [2.24, 2.45) is 17.8 Å². The predicted molar refractivity (Wildman–Crippen MR) is 75.1 cm³/mol. The summed E-state index contributed by atoms with van der Waals surface area (Å²) < 4.78 is 0. The number of halogens is 1. The summed E-state index contributed by atoms with van der Waals surface area (Å²) in [6.45, 7) is 0.875. The smallest absolute Gasteiger partial charge is 0.253 e. The quantitative estimate of drug-likeness (QED) is 0.795. The monoisotopic (exact) mass is 278 g/mol. The summed E-state index contributed by atoms with van der Waals surface area (Å²) in [5, 5.41) is 0.374. The molecule has 0 saturated heterocycles. The lowest BCUT2D eigenvalue weighted by molar-refractivity contribution is 0.0754. The van der Waals surface area contributed by atoms with Crippen molar-refractivity contribution in [1.82, 2.24) is 9.88 Å². The number of hydrogen-bond donors (Lipinski definition) is 0. The molecule has 2 aliphatic rings. The van der Waals surface area contributed by atoms with Crippen molar-refractivity contribution in [3.63, 3.8) is 0 Å². The first-order valence-corrected chi connectivity index (χ1v) is 7.38. The summed E-state index contributed by atoms with van der Waals surface area (Å²) >= 11 is 5.83. The highest BCUT2D eigenvalue weighted by molar-refractivity contribution is 6.29. The van der Waals surface area contributed by atoms with E-state index in [0.29, 0.717) is 16.6 Å². The van der Waals surface area contributed by atoms with Crippen LogP contribution in [-0.4, -0.2) is 29.4 Å². The van der Waals surface area contributed by atoms with Crippen LogP contribution in [0.5, 0.6) is 0 Å². The van der Waals surface area contributed by atoms with Crippen LogP contribution in [0.25, 0.3) is 0 Å². The Balaban J connectivity index is 1.64. The highest BCUT2D eigenvalue weighted by atomic mass is 35.5. The van der Waals surface area contributed by atoms with Crippen LogP contribution in [0.2, 0.25) is 5.15 Å². The maximum absolute atomic E-state index is 12.3. The van der Waals surface area contributed by atoms with Crippen LogP contribution in [0.4, 0.5) is 0 Å². The van der Waals surface area contributed by atoms with Gasteiger partial charge in [-0.1, -0.05) is 18.0 Å². The van der Waals surface area contributed by atoms with Crippen LogP contribution in [0.1, 0.15) is 36.0 Å². The van der Waals surface area contributed by atoms with E-state index < -0.39 is 0 Å². The van der Waals surface area contributed by atoms with E-state index in [1.54, 1.807) is 18.3 Å². The average Bonchev–Trinajstić information content (AvgIpc) is 3.00. The van der Waals surface area contributed by atoms with E-state index in [9.17, 15) is 4.79 Å². The molecule has 1 amide bonds. The van der Waals surface area contributed by atoms with Gasteiger partial charge in [0.15, 0.2) is 0 Å². The zero-order valence-corrected chi connectivity index (χ0v) is 11.9. The van der Waals surface area contributed by atoms with Gasteiger partial charge in [-0.25, -0.2) is 4.98 Å². The van der Waals surface area contributed by atoms with Crippen LogP contribution >= 0.6 is 11.6 Å². The molecular weight excluding hydrogens is 260 g/mol. The minimum Gasteiger partial charge on any atom is -0.341 e. The highest BCUT2D eigenvalue weighted by Crippen LogP contribution is 2.48. The number of amides is 1. The number of aromatic nitrogens is 1. The molecule has 1 heterocycles. The molecule has 4 heteroatoms. The molecule has 3 unspecified atom stereocenters. The number of rotatable bonds is 3. The lowest BCUT2D eigenvalue weighted by atomic mass is 9.88. The zero-order valence-electron chi connectivity index (χ0n) is 11.2. The van der Waals surface area contributed by atoms with Crippen molar-refractivity contribution < 1.29 is 4.79 Å². The highest BCUT2D eigenvalue weighted by Gasteiger charge is 2.40. The maximum atomic E-state index is 12.3. The fourth-order valence-electron chi connectivity index (χ4n) is 3.79. The molecule has 2 bridgehead atoms. The van der Waals surface area contributed by atoms with Gasteiger partial charge in [-0.15, -0.1) is 0 Å². The topological polar surface area (TPSA) is 33.2 Å². The van der Waals surface area contributed by atoms with Crippen molar-refractivity contribution in [2.75, 3.05) is 13.6 Å². The third kappa shape index (κ3) is 2.62. The molecule has 3 atom stereocenters. The summed E-state index contributed by atoms with van der Waals surface area (Å²) in [4.78, 5) is 18.1. The van der Waals surface area contributed by atoms with E-state index in [0.717, 1.165) is 18.4 Å². The third-order valence-corrected chi connectivity index (χ3v) is 4.92. The fourth-order valence-corrected chi connectivity index (χ4v) is 3.96. The molecule has 0 spiro atoms. The fraction of sp³-hybridized carbons (Fsp3) is 0.600. The summed E-state index contributed by atoms with van der Waals surface area (Å²) in [5.74, 6) is 2.52. The molecule has 0 N–H and O–H groups in total. The molecule has 0 aromatic carbocycles. The summed E-state index contributed by atoms with van der Waals surface area (Å²) in [6, 6.07) is 3.37. The standard InChI is InChI=1S/C15H19ClN2O/c1-18(9-13-7-10-2-3-11(13)6-10)15(19)12-4-5-17-14(16)8-12/h4-5,8,10-11,13H,2-3,6-7,9H2,1H3. The zero-order chi connectivity index (χ0) is 13.4. The van der Waals surface area contributed by atoms with Gasteiger partial charge in [-0.05, 0) is 49.1 Å². The van der Waals surface area contributed by atoms with E-state index in [1.807, 2.05) is 11.9 Å². The number of pyridine rings is 1. The van der Waals surface area contributed by atoms with Crippen LogP contribution in [0, 0.1) is 17.8 Å². The normalized spacial score (nSPS) is 28.6. The molecule has 0 radical (unpaired) electrons. The minimum absolute atomic E-state index is 0.0482. The van der Waals surface area contributed by atoms with Crippen molar-refractivity contribution in [1.29, 1.82) is 0 Å². The Bertz CT molecular complexity index is 491. The van der Waals surface area contributed by atoms with Crippen LogP contribution in [0.15, 0.2) is 18.3 Å². The third-order valence-electron chi connectivity index (χ3n) is 4.71. The van der Waals surface area contributed by atoms with Gasteiger partial charge in [-0.2, -0.15) is 0 Å². The lowest BCUT2D eigenvalue weighted by Crippen LogP contribution is -2.33. The second kappa shape index (κ2) is 5.12. The summed E-state index contributed by atoms with van der Waals surface area (Å²) in [5.41, 5.74) is 0.630. The molecule has 3 nitrogen and oxygen atoms in total. The summed E-state index contributed by atoms with van der Waals surface area (Å²) in [6.07, 6.45) is 7.03. The van der Waals surface area contributed by atoms with Crippen molar-refractivity contribution in [2.45, 2.75) is 25.7 Å². The van der Waals surface area contributed by atoms with E-state index in [-0.39, 0.29) is 5.91 Å². The van der Waals surface area contributed by atoms with Crippen LogP contribution in [0.3, 0.4) is 0 Å². The van der Waals surface area contributed by atoms with Crippen LogP contribution < -0.4 is 0 Å². The lowest BCUT2D eigenvalue weighted by Gasteiger charge is -2.27. The summed E-state index contributed by atoms with van der Waals surface area (Å²) in [7, 11) is 1.89. The molecule has 2 fully saturated rings. The average molecular weight is 279 g/mol. The molecule has 3 rings (SSSR count). The van der Waals surface area contributed by atoms with E-state index >= 15 is 0 Å². The Labute approximate surface area is 119 Å². The SMILES string of the molecule is CN(CC1CC2CCC1C2)C(=O)c1ccnc(Cl)c1. The number of fused-ring (bicyclic) bond motifs is 2. The Morgan fingerprint density at radius 3 is 2.95 bits per heavy atom. The number of carbonyl (C=O) groups excluding carboxylic acids is 1. The van der Waals surface area contributed by atoms with Gasteiger partial charge < -0.3 is 4.90 Å². The first-order valence-electron chi connectivity index (χ1n) is 7.00. The second-order valence-electron chi connectivity index (χ2n) is 5.99. The molecule has 1 aromatic rings. The molecule has 2 saturated carbocycles. The molecular formula is C15H19ClN2O. The molecule has 1 aromatic heterocycles. The molecule has 19 heavy (non-hydrogen) atoms. The van der Waals surface area contributed by atoms with Gasteiger partial charge in [0.1, 0.15) is 5.15 Å². The predicted octanol–water partition coefficient (Wildman–Crippen LogP) is 3.24. The van der Waals surface area contributed by atoms with Crippen molar-refractivity contribution in [3.05, 3.63) is 29.0 Å². The largest absolute Gasteiger partial charge is 0.341 e. The van der Waals surface area contributed by atoms with E-state index in [1.165, 1.54) is 25.7 Å². The first kappa shape index (κ1) is 12.9. The van der Waals surface area contributed by atoms with Gasteiger partial charge >= 0.3 is 0 Å². The van der Waals surface area contributed by atoms with E-state index in [2.05, 4.69) is 4.98 Å². The van der Waals surface area contributed by atoms with Crippen molar-refractivity contribution in [3.8, 4) is 0 Å². The molecule has 2 aliphatic carbocycles. The van der Waals surface area contributed by atoms with Crippen molar-refractivity contribution >= 4 is 17.5 Å². The number of carbonyl (C=O) groups is 1. The van der Waals surface area contributed by atoms with Gasteiger partial charge in [0.25, 0.3) is 5.91 Å². The maximum Gasteiger partial charge on any atom is 0.253 e. The Morgan fingerprint density at radius 2 is 2.32 bits per heavy atom. The number of hydrogen-bond acceptors (Lipinski definition) is 2. The Morgan fingerprint density at radius 1 is 1.47 bits per heavy atom. The van der Waals surface area contributed by atoms with Gasteiger partial charge in [0, 0.05) is 25.4 Å². The van der Waals surface area contributed by atoms with Gasteiger partial charge in [0.2, 0.25) is 0 Å².